The lowest BCUT2D eigenvalue weighted by Gasteiger charge is -2.23. The summed E-state index contributed by atoms with van der Waals surface area (Å²) in [5.41, 5.74) is 1.60. The van der Waals surface area contributed by atoms with Crippen molar-refractivity contribution in [2.75, 3.05) is 11.4 Å². The quantitative estimate of drug-likeness (QED) is 0.730. The predicted molar refractivity (Wildman–Crippen MR) is 88.6 cm³/mol. The van der Waals surface area contributed by atoms with Gasteiger partial charge in [0.05, 0.1) is 24.5 Å². The highest BCUT2D eigenvalue weighted by Crippen LogP contribution is 2.24. The van der Waals surface area contributed by atoms with E-state index >= 15 is 0 Å². The molecule has 1 aliphatic heterocycles. The van der Waals surface area contributed by atoms with E-state index in [1.807, 2.05) is 12.1 Å². The Morgan fingerprint density at radius 3 is 2.83 bits per heavy atom. The fraction of sp³-hybridized carbons (Fsp3) is 0.294. The van der Waals surface area contributed by atoms with E-state index in [9.17, 15) is 4.79 Å². The Labute approximate surface area is 138 Å². The Bertz CT molecular complexity index is 860. The van der Waals surface area contributed by atoms with Crippen molar-refractivity contribution >= 4 is 6.01 Å². The third kappa shape index (κ3) is 2.80. The van der Waals surface area contributed by atoms with E-state index in [2.05, 4.69) is 20.0 Å². The maximum atomic E-state index is 12.2. The molecule has 0 N–H and O–H groups in total. The van der Waals surface area contributed by atoms with E-state index < -0.39 is 0 Å². The molecule has 1 atom stereocenters. The molecule has 1 fully saturated rings. The second kappa shape index (κ2) is 6.27. The third-order valence-electron chi connectivity index (χ3n) is 4.27. The first-order chi connectivity index (χ1) is 11.8. The molecule has 0 bridgehead atoms. The molecule has 0 saturated carbocycles. The van der Waals surface area contributed by atoms with Crippen LogP contribution in [0.3, 0.4) is 0 Å². The fourth-order valence-electron chi connectivity index (χ4n) is 3.09. The number of anilines is 1. The van der Waals surface area contributed by atoms with Gasteiger partial charge < -0.3 is 9.32 Å². The van der Waals surface area contributed by atoms with Crippen LogP contribution in [0.5, 0.6) is 0 Å². The van der Waals surface area contributed by atoms with E-state index in [0.29, 0.717) is 12.6 Å². The van der Waals surface area contributed by atoms with Gasteiger partial charge in [-0.2, -0.15) is 5.10 Å². The average molecular weight is 323 g/mol. The summed E-state index contributed by atoms with van der Waals surface area (Å²) in [6.07, 6.45) is 8.67. The van der Waals surface area contributed by atoms with E-state index in [1.165, 1.54) is 4.68 Å². The van der Waals surface area contributed by atoms with Gasteiger partial charge in [-0.3, -0.25) is 9.78 Å². The zero-order chi connectivity index (χ0) is 16.4. The molecule has 3 aromatic heterocycles. The van der Waals surface area contributed by atoms with Crippen LogP contribution in [0.4, 0.5) is 6.01 Å². The number of nitrogens with zero attached hydrogens (tertiary/aromatic N) is 5. The molecular formula is C17H17N5O2. The average Bonchev–Trinajstić information content (AvgIpc) is 3.29. The second-order valence-electron chi connectivity index (χ2n) is 5.78. The van der Waals surface area contributed by atoms with Crippen LogP contribution >= 0.6 is 0 Å². The minimum atomic E-state index is -0.105. The first-order valence-electron chi connectivity index (χ1n) is 7.96. The van der Waals surface area contributed by atoms with Crippen LogP contribution in [-0.4, -0.2) is 32.3 Å². The number of aromatic nitrogens is 4. The monoisotopic (exact) mass is 323 g/mol. The standard InChI is InChI=1S/C17H17N5O2/c23-16-4-3-15(13-5-7-18-8-6-13)20-22(16)12-14-2-1-10-21(14)17-19-9-11-24-17/h3-9,11,14H,1-2,10,12H2. The molecule has 0 radical (unpaired) electrons. The van der Waals surface area contributed by atoms with Crippen LogP contribution in [0.2, 0.25) is 0 Å². The number of hydrogen-bond acceptors (Lipinski definition) is 6. The maximum Gasteiger partial charge on any atom is 0.297 e. The molecule has 4 heterocycles. The molecule has 0 amide bonds. The highest BCUT2D eigenvalue weighted by Gasteiger charge is 2.28. The zero-order valence-electron chi connectivity index (χ0n) is 13.1. The largest absolute Gasteiger partial charge is 0.432 e. The Kier molecular flexibility index (Phi) is 3.82. The number of hydrogen-bond donors (Lipinski definition) is 0. The summed E-state index contributed by atoms with van der Waals surface area (Å²) in [4.78, 5) is 22.6. The Balaban J connectivity index is 1.61. The van der Waals surface area contributed by atoms with Gasteiger partial charge in [0.25, 0.3) is 11.6 Å². The summed E-state index contributed by atoms with van der Waals surface area (Å²) >= 11 is 0. The van der Waals surface area contributed by atoms with Gasteiger partial charge in [0.2, 0.25) is 0 Å². The van der Waals surface area contributed by atoms with Crippen LogP contribution in [0.15, 0.2) is 58.3 Å². The van der Waals surface area contributed by atoms with Crippen LogP contribution in [0.25, 0.3) is 11.3 Å². The molecule has 0 spiro atoms. The molecule has 1 unspecified atom stereocenters. The summed E-state index contributed by atoms with van der Waals surface area (Å²) in [7, 11) is 0. The van der Waals surface area contributed by atoms with Gasteiger partial charge in [0.15, 0.2) is 0 Å². The normalized spacial score (nSPS) is 17.3. The van der Waals surface area contributed by atoms with Crippen LogP contribution < -0.4 is 10.5 Å². The molecule has 122 valence electrons. The molecule has 24 heavy (non-hydrogen) atoms. The lowest BCUT2D eigenvalue weighted by atomic mass is 10.2. The summed E-state index contributed by atoms with van der Waals surface area (Å²) in [5, 5.41) is 4.52. The van der Waals surface area contributed by atoms with Crippen molar-refractivity contribution in [3.63, 3.8) is 0 Å². The molecule has 7 heteroatoms. The number of rotatable bonds is 4. The third-order valence-corrected chi connectivity index (χ3v) is 4.27. The van der Waals surface area contributed by atoms with Gasteiger partial charge in [-0.05, 0) is 31.0 Å². The lowest BCUT2D eigenvalue weighted by Crippen LogP contribution is -2.37. The highest BCUT2D eigenvalue weighted by molar-refractivity contribution is 5.57. The van der Waals surface area contributed by atoms with Crippen molar-refractivity contribution in [1.82, 2.24) is 19.7 Å². The molecule has 0 aliphatic carbocycles. The fourth-order valence-corrected chi connectivity index (χ4v) is 3.09. The first kappa shape index (κ1) is 14.6. The highest BCUT2D eigenvalue weighted by atomic mass is 16.4. The SMILES string of the molecule is O=c1ccc(-c2ccncc2)nn1CC1CCCN1c1ncco1. The molecule has 1 aliphatic rings. The smallest absolute Gasteiger partial charge is 0.297 e. The number of pyridine rings is 1. The van der Waals surface area contributed by atoms with Crippen molar-refractivity contribution < 1.29 is 4.42 Å². The van der Waals surface area contributed by atoms with Crippen molar-refractivity contribution in [2.24, 2.45) is 0 Å². The van der Waals surface area contributed by atoms with Crippen molar-refractivity contribution in [3.05, 3.63) is 59.5 Å². The summed E-state index contributed by atoms with van der Waals surface area (Å²) in [6, 6.07) is 7.83. The topological polar surface area (TPSA) is 77.1 Å². The van der Waals surface area contributed by atoms with Crippen LogP contribution in [0, 0.1) is 0 Å². The lowest BCUT2D eigenvalue weighted by molar-refractivity contribution is 0.459. The van der Waals surface area contributed by atoms with Gasteiger partial charge in [0, 0.05) is 30.6 Å². The molecular weight excluding hydrogens is 306 g/mol. The second-order valence-corrected chi connectivity index (χ2v) is 5.78. The predicted octanol–water partition coefficient (Wildman–Crippen LogP) is 1.96. The summed E-state index contributed by atoms with van der Waals surface area (Å²) < 4.78 is 6.94. The summed E-state index contributed by atoms with van der Waals surface area (Å²) in [6.45, 7) is 1.39. The van der Waals surface area contributed by atoms with Gasteiger partial charge in [-0.15, -0.1) is 0 Å². The van der Waals surface area contributed by atoms with Crippen molar-refractivity contribution in [3.8, 4) is 11.3 Å². The maximum absolute atomic E-state index is 12.2. The van der Waals surface area contributed by atoms with E-state index in [1.54, 1.807) is 37.0 Å². The van der Waals surface area contributed by atoms with Crippen molar-refractivity contribution in [1.29, 1.82) is 0 Å². The van der Waals surface area contributed by atoms with E-state index in [0.717, 1.165) is 30.6 Å². The number of oxazole rings is 1. The van der Waals surface area contributed by atoms with Gasteiger partial charge in [-0.25, -0.2) is 9.67 Å². The van der Waals surface area contributed by atoms with Gasteiger partial charge in [-0.1, -0.05) is 0 Å². The Morgan fingerprint density at radius 1 is 1.17 bits per heavy atom. The molecule has 3 aromatic rings. The van der Waals surface area contributed by atoms with Crippen LogP contribution in [-0.2, 0) is 6.54 Å². The van der Waals surface area contributed by atoms with E-state index in [-0.39, 0.29) is 11.6 Å². The summed E-state index contributed by atoms with van der Waals surface area (Å²) in [5.74, 6) is 0. The molecule has 4 rings (SSSR count). The van der Waals surface area contributed by atoms with Crippen molar-refractivity contribution in [2.45, 2.75) is 25.4 Å². The Hall–Kier alpha value is -2.96. The first-order valence-corrected chi connectivity index (χ1v) is 7.96. The zero-order valence-corrected chi connectivity index (χ0v) is 13.1. The van der Waals surface area contributed by atoms with Gasteiger partial charge >= 0.3 is 0 Å². The Morgan fingerprint density at radius 2 is 2.04 bits per heavy atom. The molecule has 1 saturated heterocycles. The minimum Gasteiger partial charge on any atom is -0.432 e. The minimum absolute atomic E-state index is 0.105. The van der Waals surface area contributed by atoms with E-state index in [4.69, 9.17) is 4.42 Å². The molecule has 0 aromatic carbocycles. The van der Waals surface area contributed by atoms with Gasteiger partial charge in [0.1, 0.15) is 6.26 Å². The molecule has 7 nitrogen and oxygen atoms in total. The van der Waals surface area contributed by atoms with Crippen LogP contribution in [0.1, 0.15) is 12.8 Å².